The topological polar surface area (TPSA) is 35.2 Å². The first-order chi connectivity index (χ1) is 5.35. The van der Waals surface area contributed by atoms with Crippen molar-refractivity contribution in [1.82, 2.24) is 0 Å². The Morgan fingerprint density at radius 3 is 2.73 bits per heavy atom. The zero-order valence-electron chi connectivity index (χ0n) is 7.51. The summed E-state index contributed by atoms with van der Waals surface area (Å²) in [6.45, 7) is 2.95. The quantitative estimate of drug-likeness (QED) is 0.598. The minimum Gasteiger partial charge on any atom is -0.381 e. The molecule has 0 fully saturated rings. The minimum absolute atomic E-state index is 0.427. The Labute approximate surface area is 73.9 Å². The van der Waals surface area contributed by atoms with Gasteiger partial charge in [0.05, 0.1) is 6.10 Å². The summed E-state index contributed by atoms with van der Waals surface area (Å²) < 4.78 is 5.28. The molecule has 0 bridgehead atoms. The summed E-state index contributed by atoms with van der Waals surface area (Å²) in [4.78, 5) is 0. The van der Waals surface area contributed by atoms with Crippen LogP contribution in [0.3, 0.4) is 0 Å². The molecule has 0 saturated heterocycles. The van der Waals surface area contributed by atoms with E-state index in [0.717, 1.165) is 24.5 Å². The Morgan fingerprint density at radius 1 is 1.55 bits per heavy atom. The summed E-state index contributed by atoms with van der Waals surface area (Å²) in [5.74, 6) is 2.13. The van der Waals surface area contributed by atoms with Gasteiger partial charge in [0.15, 0.2) is 0 Å². The van der Waals surface area contributed by atoms with Crippen LogP contribution in [0.2, 0.25) is 0 Å². The predicted molar refractivity (Wildman–Crippen MR) is 52.1 cm³/mol. The highest BCUT2D eigenvalue weighted by Gasteiger charge is 2.04. The van der Waals surface area contributed by atoms with Crippen LogP contribution in [0.5, 0.6) is 0 Å². The van der Waals surface area contributed by atoms with Crippen molar-refractivity contribution in [2.24, 2.45) is 5.73 Å². The number of rotatable bonds is 7. The summed E-state index contributed by atoms with van der Waals surface area (Å²) in [5, 5.41) is 0. The average Bonchev–Trinajstić information content (AvgIpc) is 2.03. The van der Waals surface area contributed by atoms with E-state index in [2.05, 4.69) is 6.92 Å². The Morgan fingerprint density at radius 2 is 2.27 bits per heavy atom. The number of hydrogen-bond donors (Lipinski definition) is 1. The van der Waals surface area contributed by atoms with Crippen molar-refractivity contribution in [3.05, 3.63) is 0 Å². The molecule has 68 valence electrons. The standard InChI is InChI=1S/C8H19NOS/c1-3-4-8(10-2)7-11-6-5-9/h8H,3-7,9H2,1-2H3. The number of methoxy groups -OCH3 is 1. The first-order valence-corrected chi connectivity index (χ1v) is 5.31. The predicted octanol–water partition coefficient (Wildman–Crippen LogP) is 1.49. The van der Waals surface area contributed by atoms with Gasteiger partial charge < -0.3 is 10.5 Å². The number of hydrogen-bond acceptors (Lipinski definition) is 3. The third kappa shape index (κ3) is 6.66. The fourth-order valence-electron chi connectivity index (χ4n) is 0.889. The Kier molecular flexibility index (Phi) is 8.57. The molecule has 3 heteroatoms. The molecule has 0 aliphatic heterocycles. The van der Waals surface area contributed by atoms with E-state index >= 15 is 0 Å². The van der Waals surface area contributed by atoms with Crippen LogP contribution in [0.1, 0.15) is 19.8 Å². The van der Waals surface area contributed by atoms with E-state index in [-0.39, 0.29) is 0 Å². The van der Waals surface area contributed by atoms with Crippen LogP contribution in [0.15, 0.2) is 0 Å². The number of nitrogens with two attached hydrogens (primary N) is 1. The van der Waals surface area contributed by atoms with E-state index in [9.17, 15) is 0 Å². The third-order valence-electron chi connectivity index (χ3n) is 1.51. The second-order valence-corrected chi connectivity index (χ2v) is 3.66. The maximum atomic E-state index is 5.37. The second-order valence-electron chi connectivity index (χ2n) is 2.51. The lowest BCUT2D eigenvalue weighted by molar-refractivity contribution is 0.114. The molecular weight excluding hydrogens is 158 g/mol. The summed E-state index contributed by atoms with van der Waals surface area (Å²) >= 11 is 1.88. The van der Waals surface area contributed by atoms with Crippen LogP contribution in [-0.4, -0.2) is 31.3 Å². The fourth-order valence-corrected chi connectivity index (χ4v) is 1.79. The van der Waals surface area contributed by atoms with Gasteiger partial charge in [0.1, 0.15) is 0 Å². The van der Waals surface area contributed by atoms with Crippen LogP contribution in [0, 0.1) is 0 Å². The van der Waals surface area contributed by atoms with Gasteiger partial charge in [-0.2, -0.15) is 11.8 Å². The molecule has 0 amide bonds. The maximum Gasteiger partial charge on any atom is 0.0661 e. The molecule has 0 heterocycles. The summed E-state index contributed by atoms with van der Waals surface area (Å²) in [6.07, 6.45) is 2.78. The van der Waals surface area contributed by atoms with Crippen molar-refractivity contribution in [2.45, 2.75) is 25.9 Å². The van der Waals surface area contributed by atoms with Gasteiger partial charge in [0, 0.05) is 25.2 Å². The monoisotopic (exact) mass is 177 g/mol. The van der Waals surface area contributed by atoms with E-state index in [1.165, 1.54) is 6.42 Å². The molecule has 2 N–H and O–H groups in total. The second kappa shape index (κ2) is 8.37. The van der Waals surface area contributed by atoms with Gasteiger partial charge >= 0.3 is 0 Å². The molecule has 0 rings (SSSR count). The third-order valence-corrected chi connectivity index (χ3v) is 2.64. The van der Waals surface area contributed by atoms with Crippen LogP contribution in [0.4, 0.5) is 0 Å². The average molecular weight is 177 g/mol. The number of ether oxygens (including phenoxy) is 1. The lowest BCUT2D eigenvalue weighted by Crippen LogP contribution is -2.14. The van der Waals surface area contributed by atoms with Crippen molar-refractivity contribution in [2.75, 3.05) is 25.2 Å². The van der Waals surface area contributed by atoms with E-state index in [0.29, 0.717) is 6.10 Å². The normalized spacial score (nSPS) is 13.4. The maximum absolute atomic E-state index is 5.37. The van der Waals surface area contributed by atoms with Gasteiger partial charge in [-0.1, -0.05) is 13.3 Å². The van der Waals surface area contributed by atoms with Crippen molar-refractivity contribution in [1.29, 1.82) is 0 Å². The van der Waals surface area contributed by atoms with Crippen LogP contribution >= 0.6 is 11.8 Å². The molecule has 1 unspecified atom stereocenters. The van der Waals surface area contributed by atoms with E-state index in [1.807, 2.05) is 11.8 Å². The van der Waals surface area contributed by atoms with Gasteiger partial charge in [-0.05, 0) is 6.42 Å². The van der Waals surface area contributed by atoms with Crippen molar-refractivity contribution in [3.8, 4) is 0 Å². The van der Waals surface area contributed by atoms with E-state index < -0.39 is 0 Å². The Hall–Kier alpha value is 0.270. The highest BCUT2D eigenvalue weighted by atomic mass is 32.2. The molecule has 0 aromatic rings. The SMILES string of the molecule is CCCC(CSCCN)OC. The summed E-state index contributed by atoms with van der Waals surface area (Å²) in [5.41, 5.74) is 5.37. The van der Waals surface area contributed by atoms with E-state index in [1.54, 1.807) is 7.11 Å². The molecule has 0 aromatic heterocycles. The Balaban J connectivity index is 3.20. The highest BCUT2D eigenvalue weighted by molar-refractivity contribution is 7.99. The first kappa shape index (κ1) is 11.3. The molecule has 0 spiro atoms. The lowest BCUT2D eigenvalue weighted by atomic mass is 10.2. The fraction of sp³-hybridized carbons (Fsp3) is 1.00. The first-order valence-electron chi connectivity index (χ1n) is 4.15. The summed E-state index contributed by atoms with van der Waals surface area (Å²) in [6, 6.07) is 0. The van der Waals surface area contributed by atoms with E-state index in [4.69, 9.17) is 10.5 Å². The molecule has 1 atom stereocenters. The smallest absolute Gasteiger partial charge is 0.0661 e. The van der Waals surface area contributed by atoms with Gasteiger partial charge in [0.25, 0.3) is 0 Å². The molecule has 2 nitrogen and oxygen atoms in total. The van der Waals surface area contributed by atoms with Gasteiger partial charge in [-0.3, -0.25) is 0 Å². The van der Waals surface area contributed by atoms with Crippen molar-refractivity contribution in [3.63, 3.8) is 0 Å². The highest BCUT2D eigenvalue weighted by Crippen LogP contribution is 2.08. The zero-order valence-corrected chi connectivity index (χ0v) is 8.32. The summed E-state index contributed by atoms with van der Waals surface area (Å²) in [7, 11) is 1.78. The van der Waals surface area contributed by atoms with Crippen molar-refractivity contribution >= 4 is 11.8 Å². The minimum atomic E-state index is 0.427. The lowest BCUT2D eigenvalue weighted by Gasteiger charge is -2.12. The van der Waals surface area contributed by atoms with Crippen molar-refractivity contribution < 1.29 is 4.74 Å². The van der Waals surface area contributed by atoms with Gasteiger partial charge in [-0.15, -0.1) is 0 Å². The van der Waals surface area contributed by atoms with Crippen LogP contribution in [0.25, 0.3) is 0 Å². The molecule has 11 heavy (non-hydrogen) atoms. The molecule has 0 aliphatic carbocycles. The molecular formula is C8H19NOS. The molecule has 0 aromatic carbocycles. The van der Waals surface area contributed by atoms with Gasteiger partial charge in [-0.25, -0.2) is 0 Å². The number of thioether (sulfide) groups is 1. The molecule has 0 radical (unpaired) electrons. The van der Waals surface area contributed by atoms with Crippen LogP contribution < -0.4 is 5.73 Å². The van der Waals surface area contributed by atoms with Gasteiger partial charge in [0.2, 0.25) is 0 Å². The Bertz CT molecular complexity index is 80.5. The van der Waals surface area contributed by atoms with Crippen LogP contribution in [-0.2, 0) is 4.74 Å². The zero-order chi connectivity index (χ0) is 8.53. The largest absolute Gasteiger partial charge is 0.381 e. The molecule has 0 saturated carbocycles. The molecule has 0 aliphatic rings.